The fraction of sp³-hybridized carbons (Fsp3) is 0.229. The summed E-state index contributed by atoms with van der Waals surface area (Å²) in [5, 5.41) is 15.4. The van der Waals surface area contributed by atoms with Crippen LogP contribution >= 0.6 is 7.80 Å². The van der Waals surface area contributed by atoms with Crippen molar-refractivity contribution in [2.45, 2.75) is 48.5 Å². The predicted molar refractivity (Wildman–Crippen MR) is 168 cm³/mol. The minimum absolute atomic E-state index is 0.101. The molecule has 254 valence electrons. The van der Waals surface area contributed by atoms with Gasteiger partial charge in [0.2, 0.25) is 0 Å². The molecule has 4 aromatic rings. The van der Waals surface area contributed by atoms with Gasteiger partial charge in [0.15, 0.2) is 11.4 Å². The van der Waals surface area contributed by atoms with Crippen molar-refractivity contribution in [2.75, 3.05) is 0 Å². The number of benzene rings is 4. The third-order valence-electron chi connectivity index (χ3n) is 8.13. The minimum Gasteiger partial charge on any atom is -0.428 e. The Kier molecular flexibility index (Phi) is 10.2. The van der Waals surface area contributed by atoms with E-state index >= 15 is 4.39 Å². The first-order valence-electron chi connectivity index (χ1n) is 14.9. The van der Waals surface area contributed by atoms with Gasteiger partial charge in [-0.25, -0.2) is 13.6 Å². The normalized spacial score (nSPS) is 16.0. The summed E-state index contributed by atoms with van der Waals surface area (Å²) in [7, 11) is -2.97. The number of rotatable bonds is 13. The quantitative estimate of drug-likeness (QED) is 0.117. The van der Waals surface area contributed by atoms with Crippen LogP contribution in [0.2, 0.25) is 0 Å². The summed E-state index contributed by atoms with van der Waals surface area (Å²) >= 11 is 0. The smallest absolute Gasteiger partial charge is 0.428 e. The van der Waals surface area contributed by atoms with Gasteiger partial charge in [-0.3, -0.25) is 4.79 Å². The largest absolute Gasteiger partial charge is 0.461 e. The highest BCUT2D eigenvalue weighted by molar-refractivity contribution is 7.55. The Hall–Kier alpha value is -5.08. The molecule has 7 nitrogen and oxygen atoms in total. The second kappa shape index (κ2) is 14.2. The number of alkyl halides is 4. The first-order valence-corrected chi connectivity index (χ1v) is 16.4. The molecule has 1 saturated carbocycles. The summed E-state index contributed by atoms with van der Waals surface area (Å²) in [4.78, 5) is 27.6. The molecular formula is C35H28F6N3O4P. The lowest BCUT2D eigenvalue weighted by molar-refractivity contribution is -0.253. The Labute approximate surface area is 277 Å². The first kappa shape index (κ1) is 35.2. The number of nitrogens with zero attached hydrogens (tertiary/aromatic N) is 1. The Morgan fingerprint density at radius 2 is 1.49 bits per heavy atom. The van der Waals surface area contributed by atoms with Crippen molar-refractivity contribution < 1.29 is 45.2 Å². The first-order chi connectivity index (χ1) is 23.3. The molecule has 5 rings (SSSR count). The number of hydrogen-bond acceptors (Lipinski definition) is 5. The molecule has 1 aliphatic rings. The standard InChI is InChI=1S/C35H28F6N3O4P/c36-25-13-11-23(12-14-25)34(20-22-7-3-1-4-8-22,24-17-26(37)19-27(18-24)48-35(40,41)31(38)39)44-32(46)43-33(15-16-33)30(45)29(21-42)49(47)28-9-5-2-6-10-28/h1-14,17-19,29,31,49H,15-16,20H2,(H2,43,44,46). The Balaban J connectivity index is 1.57. The van der Waals surface area contributed by atoms with Crippen LogP contribution in [0, 0.1) is 23.0 Å². The van der Waals surface area contributed by atoms with Gasteiger partial charge in [0.25, 0.3) is 0 Å². The molecule has 14 heteroatoms. The lowest BCUT2D eigenvalue weighted by atomic mass is 9.77. The Morgan fingerprint density at radius 3 is 2.06 bits per heavy atom. The van der Waals surface area contributed by atoms with Crippen molar-refractivity contribution in [1.29, 1.82) is 5.26 Å². The molecule has 0 heterocycles. The fourth-order valence-electron chi connectivity index (χ4n) is 5.55. The van der Waals surface area contributed by atoms with Crippen LogP contribution in [-0.2, 0) is 21.3 Å². The van der Waals surface area contributed by atoms with E-state index in [0.717, 1.165) is 24.3 Å². The van der Waals surface area contributed by atoms with Gasteiger partial charge in [-0.15, -0.1) is 0 Å². The van der Waals surface area contributed by atoms with Gasteiger partial charge in [-0.2, -0.15) is 22.8 Å². The van der Waals surface area contributed by atoms with E-state index < -0.39 is 66.3 Å². The molecule has 0 bridgehead atoms. The SMILES string of the molecule is N#CC(C(=O)C1(NC(=O)NC(Cc2ccccc2)(c2ccc(F)cc2)c2cc(F)cc(OC(F)(F)C(F)F)c2)CC1)[PH](=O)c1ccccc1. The van der Waals surface area contributed by atoms with E-state index in [0.29, 0.717) is 16.9 Å². The number of nitrogens with one attached hydrogen (secondary N) is 2. The second-order valence-electron chi connectivity index (χ2n) is 11.5. The molecule has 4 aromatic carbocycles. The highest BCUT2D eigenvalue weighted by Crippen LogP contribution is 2.43. The van der Waals surface area contributed by atoms with Crippen molar-refractivity contribution in [3.63, 3.8) is 0 Å². The van der Waals surface area contributed by atoms with Crippen LogP contribution in [0.1, 0.15) is 29.5 Å². The van der Waals surface area contributed by atoms with E-state index in [1.807, 2.05) is 0 Å². The Morgan fingerprint density at radius 1 is 0.878 bits per heavy atom. The molecule has 49 heavy (non-hydrogen) atoms. The van der Waals surface area contributed by atoms with Gasteiger partial charge >= 0.3 is 18.6 Å². The maximum atomic E-state index is 15.1. The number of nitriles is 1. The van der Waals surface area contributed by atoms with Crippen LogP contribution in [0.4, 0.5) is 31.1 Å². The van der Waals surface area contributed by atoms with Crippen molar-refractivity contribution in [1.82, 2.24) is 10.6 Å². The molecule has 2 amide bonds. The van der Waals surface area contributed by atoms with Crippen molar-refractivity contribution in [2.24, 2.45) is 0 Å². The zero-order valence-electron chi connectivity index (χ0n) is 25.4. The highest BCUT2D eigenvalue weighted by atomic mass is 31.1. The molecule has 1 fully saturated rings. The molecule has 0 aliphatic heterocycles. The van der Waals surface area contributed by atoms with Crippen LogP contribution in [0.3, 0.4) is 0 Å². The van der Waals surface area contributed by atoms with Crippen LogP contribution < -0.4 is 20.7 Å². The zero-order valence-corrected chi connectivity index (χ0v) is 26.4. The monoisotopic (exact) mass is 699 g/mol. The number of hydrogen-bond donors (Lipinski definition) is 2. The summed E-state index contributed by atoms with van der Waals surface area (Å²) in [6.07, 6.45) is -9.26. The van der Waals surface area contributed by atoms with Crippen molar-refractivity contribution in [3.05, 3.63) is 131 Å². The summed E-state index contributed by atoms with van der Waals surface area (Å²) in [5.74, 6) is -3.63. The van der Waals surface area contributed by atoms with Crippen LogP contribution in [0.15, 0.2) is 103 Å². The number of carbonyl (C=O) groups excluding carboxylic acids is 2. The average molecular weight is 700 g/mol. The van der Waals surface area contributed by atoms with Crippen molar-refractivity contribution in [3.8, 4) is 11.8 Å². The summed E-state index contributed by atoms with van der Waals surface area (Å²) in [6.45, 7) is 0. The molecule has 3 unspecified atom stereocenters. The maximum absolute atomic E-state index is 15.1. The molecule has 0 saturated heterocycles. The predicted octanol–water partition coefficient (Wildman–Crippen LogP) is 6.87. The second-order valence-corrected chi connectivity index (χ2v) is 13.4. The molecule has 0 radical (unpaired) electrons. The van der Waals surface area contributed by atoms with Gasteiger partial charge in [0.05, 0.1) is 11.6 Å². The number of ether oxygens (including phenoxy) is 1. The van der Waals surface area contributed by atoms with Crippen molar-refractivity contribution >= 4 is 24.9 Å². The third kappa shape index (κ3) is 7.81. The molecule has 0 aromatic heterocycles. The maximum Gasteiger partial charge on any atom is 0.461 e. The number of carbonyl (C=O) groups is 2. The van der Waals surface area contributed by atoms with E-state index in [1.165, 1.54) is 24.3 Å². The lowest BCUT2D eigenvalue weighted by Crippen LogP contribution is -2.57. The average Bonchev–Trinajstić information content (AvgIpc) is 3.85. The number of amides is 2. The van der Waals surface area contributed by atoms with Crippen LogP contribution in [0.25, 0.3) is 0 Å². The van der Waals surface area contributed by atoms with Gasteiger partial charge in [0, 0.05) is 17.8 Å². The fourth-order valence-corrected chi connectivity index (χ4v) is 7.03. The Bertz CT molecular complexity index is 1890. The van der Waals surface area contributed by atoms with Crippen LogP contribution in [0.5, 0.6) is 5.75 Å². The van der Waals surface area contributed by atoms with Crippen LogP contribution in [-0.4, -0.2) is 35.5 Å². The van der Waals surface area contributed by atoms with E-state index in [1.54, 1.807) is 54.6 Å². The third-order valence-corrected chi connectivity index (χ3v) is 9.95. The molecule has 3 atom stereocenters. The summed E-state index contributed by atoms with van der Waals surface area (Å²) in [5.41, 5.74) is -4.70. The van der Waals surface area contributed by atoms with Gasteiger partial charge in [0.1, 0.15) is 30.7 Å². The topological polar surface area (TPSA) is 108 Å². The van der Waals surface area contributed by atoms with Gasteiger partial charge < -0.3 is 19.9 Å². The van der Waals surface area contributed by atoms with E-state index in [2.05, 4.69) is 15.4 Å². The number of halogens is 6. The zero-order chi connectivity index (χ0) is 35.4. The van der Waals surface area contributed by atoms with E-state index in [4.69, 9.17) is 0 Å². The molecular weight excluding hydrogens is 671 g/mol. The number of Topliss-reactive ketones (excluding diaryl/α,β-unsaturated/α-hetero) is 1. The van der Waals surface area contributed by atoms with E-state index in [-0.39, 0.29) is 30.4 Å². The molecule has 2 N–H and O–H groups in total. The number of ketones is 1. The number of urea groups is 1. The van der Waals surface area contributed by atoms with E-state index in [9.17, 15) is 41.4 Å². The minimum atomic E-state index is -4.99. The molecule has 0 spiro atoms. The molecule has 1 aliphatic carbocycles. The summed E-state index contributed by atoms with van der Waals surface area (Å²) < 4.78 is 101. The summed E-state index contributed by atoms with van der Waals surface area (Å²) in [6, 6.07) is 23.8. The van der Waals surface area contributed by atoms with Gasteiger partial charge in [-0.05, 0) is 53.8 Å². The lowest BCUT2D eigenvalue weighted by Gasteiger charge is -2.37. The van der Waals surface area contributed by atoms with Gasteiger partial charge in [-0.1, -0.05) is 72.8 Å². The highest BCUT2D eigenvalue weighted by Gasteiger charge is 2.55.